The Morgan fingerprint density at radius 2 is 2.09 bits per heavy atom. The first-order valence-corrected chi connectivity index (χ1v) is 7.53. The molecule has 1 aromatic heterocycles. The molecular formula is C16H19N3O4. The smallest absolute Gasteiger partial charge is 0.358 e. The number of carboxylic acid groups (broad SMARTS) is 1. The van der Waals surface area contributed by atoms with Crippen LogP contribution < -0.4 is 0 Å². The summed E-state index contributed by atoms with van der Waals surface area (Å²) in [5.74, 6) is -1.53. The average molecular weight is 317 g/mol. The molecule has 2 rings (SSSR count). The number of carboxylic acids is 1. The van der Waals surface area contributed by atoms with E-state index in [4.69, 9.17) is 9.84 Å². The molecule has 1 N–H and O–H groups in total. The van der Waals surface area contributed by atoms with Gasteiger partial charge >= 0.3 is 11.9 Å². The summed E-state index contributed by atoms with van der Waals surface area (Å²) in [6, 6.07) is 6.71. The fourth-order valence-corrected chi connectivity index (χ4v) is 2.15. The quantitative estimate of drug-likeness (QED) is 0.623. The van der Waals surface area contributed by atoms with E-state index in [0.717, 1.165) is 12.8 Å². The highest BCUT2D eigenvalue weighted by Crippen LogP contribution is 2.16. The molecule has 0 amide bonds. The lowest BCUT2D eigenvalue weighted by Crippen LogP contribution is -2.09. The minimum absolute atomic E-state index is 0.0802. The van der Waals surface area contributed by atoms with Gasteiger partial charge in [0, 0.05) is 0 Å². The number of nitrogens with zero attached hydrogens (tertiary/aromatic N) is 3. The monoisotopic (exact) mass is 317 g/mol. The topological polar surface area (TPSA) is 94.3 Å². The lowest BCUT2D eigenvalue weighted by Gasteiger charge is -2.08. The third-order valence-electron chi connectivity index (χ3n) is 3.36. The number of esters is 1. The Morgan fingerprint density at radius 1 is 1.30 bits per heavy atom. The third kappa shape index (κ3) is 3.74. The number of unbranched alkanes of at least 4 members (excludes halogenated alkanes) is 1. The lowest BCUT2D eigenvalue weighted by atomic mass is 10.2. The fraction of sp³-hybridized carbons (Fsp3) is 0.375. The maximum Gasteiger partial charge on any atom is 0.358 e. The standard InChI is InChI=1S/C16H19N3O4/c1-3-5-9-23-16(22)11-7-6-8-12(10-11)19-13(4-2)14(15(20)21)17-18-19/h6-8,10H,3-5,9H2,1-2H3,(H,20,21). The second-order valence-electron chi connectivity index (χ2n) is 5.00. The van der Waals surface area contributed by atoms with E-state index in [1.807, 2.05) is 13.8 Å². The van der Waals surface area contributed by atoms with Gasteiger partial charge in [-0.25, -0.2) is 14.3 Å². The normalized spacial score (nSPS) is 10.5. The molecule has 0 aliphatic heterocycles. The van der Waals surface area contributed by atoms with Crippen molar-refractivity contribution >= 4 is 11.9 Å². The number of aromatic carboxylic acids is 1. The number of rotatable bonds is 7. The van der Waals surface area contributed by atoms with Crippen molar-refractivity contribution in [1.82, 2.24) is 15.0 Å². The van der Waals surface area contributed by atoms with Crippen molar-refractivity contribution in [1.29, 1.82) is 0 Å². The van der Waals surface area contributed by atoms with Gasteiger partial charge in [-0.1, -0.05) is 31.5 Å². The zero-order chi connectivity index (χ0) is 16.8. The minimum Gasteiger partial charge on any atom is -0.476 e. The molecule has 122 valence electrons. The molecule has 0 saturated heterocycles. The molecule has 0 unspecified atom stereocenters. The molecule has 0 aliphatic carbocycles. The molecule has 0 radical (unpaired) electrons. The SMILES string of the molecule is CCCCOC(=O)c1cccc(-n2nnc(C(=O)O)c2CC)c1. The van der Waals surface area contributed by atoms with Crippen LogP contribution in [0.3, 0.4) is 0 Å². The number of benzene rings is 1. The van der Waals surface area contributed by atoms with Crippen LogP contribution >= 0.6 is 0 Å². The molecule has 0 fully saturated rings. The van der Waals surface area contributed by atoms with Crippen molar-refractivity contribution in [2.45, 2.75) is 33.1 Å². The highest BCUT2D eigenvalue weighted by atomic mass is 16.5. The van der Waals surface area contributed by atoms with Crippen molar-refractivity contribution in [3.05, 3.63) is 41.2 Å². The molecule has 0 atom stereocenters. The number of hydrogen-bond donors (Lipinski definition) is 1. The summed E-state index contributed by atoms with van der Waals surface area (Å²) >= 11 is 0. The van der Waals surface area contributed by atoms with Gasteiger partial charge in [0.15, 0.2) is 5.69 Å². The minimum atomic E-state index is -1.12. The van der Waals surface area contributed by atoms with Gasteiger partial charge in [0.2, 0.25) is 0 Å². The summed E-state index contributed by atoms with van der Waals surface area (Å²) < 4.78 is 6.62. The number of carbonyl (C=O) groups excluding carboxylic acids is 1. The molecule has 0 bridgehead atoms. The van der Waals surface area contributed by atoms with Crippen LogP contribution in [0.15, 0.2) is 24.3 Å². The van der Waals surface area contributed by atoms with Crippen LogP contribution in [-0.2, 0) is 11.2 Å². The van der Waals surface area contributed by atoms with E-state index < -0.39 is 11.9 Å². The van der Waals surface area contributed by atoms with Gasteiger partial charge in [-0.2, -0.15) is 0 Å². The molecule has 2 aromatic rings. The summed E-state index contributed by atoms with van der Waals surface area (Å²) in [6.45, 7) is 4.22. The highest BCUT2D eigenvalue weighted by Gasteiger charge is 2.19. The van der Waals surface area contributed by atoms with E-state index in [1.165, 1.54) is 4.68 Å². The lowest BCUT2D eigenvalue weighted by molar-refractivity contribution is 0.0499. The maximum atomic E-state index is 12.0. The molecular weight excluding hydrogens is 298 g/mol. The van der Waals surface area contributed by atoms with Crippen molar-refractivity contribution in [3.63, 3.8) is 0 Å². The Labute approximate surface area is 133 Å². The van der Waals surface area contributed by atoms with Gasteiger partial charge in [-0.3, -0.25) is 0 Å². The van der Waals surface area contributed by atoms with Crippen molar-refractivity contribution in [2.24, 2.45) is 0 Å². The Morgan fingerprint density at radius 3 is 2.74 bits per heavy atom. The summed E-state index contributed by atoms with van der Waals surface area (Å²) in [7, 11) is 0. The second-order valence-corrected chi connectivity index (χ2v) is 5.00. The van der Waals surface area contributed by atoms with Crippen LogP contribution in [0.1, 0.15) is 53.2 Å². The van der Waals surface area contributed by atoms with E-state index in [1.54, 1.807) is 24.3 Å². The molecule has 23 heavy (non-hydrogen) atoms. The van der Waals surface area contributed by atoms with E-state index in [2.05, 4.69) is 10.3 Å². The third-order valence-corrected chi connectivity index (χ3v) is 3.36. The Balaban J connectivity index is 2.30. The van der Waals surface area contributed by atoms with Crippen molar-refractivity contribution in [3.8, 4) is 5.69 Å². The van der Waals surface area contributed by atoms with E-state index >= 15 is 0 Å². The van der Waals surface area contributed by atoms with E-state index in [-0.39, 0.29) is 5.69 Å². The van der Waals surface area contributed by atoms with Crippen LogP contribution in [-0.4, -0.2) is 38.6 Å². The maximum absolute atomic E-state index is 12.0. The summed E-state index contributed by atoms with van der Waals surface area (Å²) in [6.07, 6.45) is 2.22. The Bertz CT molecular complexity index is 709. The summed E-state index contributed by atoms with van der Waals surface area (Å²) in [5.41, 5.74) is 1.37. The Hall–Kier alpha value is -2.70. The molecule has 0 saturated carbocycles. The number of aromatic nitrogens is 3. The second kappa shape index (κ2) is 7.53. The number of ether oxygens (including phenoxy) is 1. The van der Waals surface area contributed by atoms with Gasteiger partial charge in [0.1, 0.15) is 0 Å². The molecule has 1 heterocycles. The van der Waals surface area contributed by atoms with Crippen LogP contribution in [0.25, 0.3) is 5.69 Å². The van der Waals surface area contributed by atoms with Crippen molar-refractivity contribution < 1.29 is 19.4 Å². The largest absolute Gasteiger partial charge is 0.476 e. The van der Waals surface area contributed by atoms with E-state index in [0.29, 0.717) is 30.0 Å². The fourth-order valence-electron chi connectivity index (χ4n) is 2.15. The number of carbonyl (C=O) groups is 2. The zero-order valence-corrected chi connectivity index (χ0v) is 13.2. The predicted molar refractivity (Wildman–Crippen MR) is 82.9 cm³/mol. The van der Waals surface area contributed by atoms with Gasteiger partial charge in [0.05, 0.1) is 23.6 Å². The first kappa shape index (κ1) is 16.7. The summed E-state index contributed by atoms with van der Waals surface area (Å²) in [4.78, 5) is 23.2. The van der Waals surface area contributed by atoms with Crippen molar-refractivity contribution in [2.75, 3.05) is 6.61 Å². The zero-order valence-electron chi connectivity index (χ0n) is 13.2. The van der Waals surface area contributed by atoms with Crippen LogP contribution in [0, 0.1) is 0 Å². The highest BCUT2D eigenvalue weighted by molar-refractivity contribution is 5.90. The summed E-state index contributed by atoms with van der Waals surface area (Å²) in [5, 5.41) is 16.7. The first-order chi connectivity index (χ1) is 11.1. The van der Waals surface area contributed by atoms with Gasteiger partial charge < -0.3 is 9.84 Å². The molecule has 1 aromatic carbocycles. The molecule has 0 spiro atoms. The molecule has 7 nitrogen and oxygen atoms in total. The van der Waals surface area contributed by atoms with Crippen LogP contribution in [0.4, 0.5) is 0 Å². The van der Waals surface area contributed by atoms with Gasteiger partial charge in [-0.15, -0.1) is 5.10 Å². The average Bonchev–Trinajstić information content (AvgIpc) is 2.99. The predicted octanol–water partition coefficient (Wildman–Crippen LogP) is 2.48. The van der Waals surface area contributed by atoms with Gasteiger partial charge in [0.25, 0.3) is 0 Å². The molecule has 7 heteroatoms. The van der Waals surface area contributed by atoms with Gasteiger partial charge in [-0.05, 0) is 31.0 Å². The molecule has 0 aliphatic rings. The first-order valence-electron chi connectivity index (χ1n) is 7.53. The van der Waals surface area contributed by atoms with Crippen LogP contribution in [0.2, 0.25) is 0 Å². The van der Waals surface area contributed by atoms with Crippen LogP contribution in [0.5, 0.6) is 0 Å². The van der Waals surface area contributed by atoms with E-state index in [9.17, 15) is 9.59 Å². The number of hydrogen-bond acceptors (Lipinski definition) is 5. The Kier molecular flexibility index (Phi) is 5.46.